The molecule has 2 amide bonds. The van der Waals surface area contributed by atoms with E-state index < -0.39 is 0 Å². The van der Waals surface area contributed by atoms with E-state index in [1.165, 1.54) is 6.33 Å². The number of aromatic nitrogens is 4. The first-order chi connectivity index (χ1) is 13.2. The Kier molecular flexibility index (Phi) is 6.48. The molecule has 144 valence electrons. The zero-order chi connectivity index (χ0) is 19.1. The van der Waals surface area contributed by atoms with Gasteiger partial charge in [0, 0.05) is 43.9 Å². The molecule has 3 rings (SSSR count). The Morgan fingerprint density at radius 2 is 2.11 bits per heavy atom. The summed E-state index contributed by atoms with van der Waals surface area (Å²) in [7, 11) is 0. The second-order valence-electron chi connectivity index (χ2n) is 6.47. The van der Waals surface area contributed by atoms with Gasteiger partial charge in [0.25, 0.3) is 5.91 Å². The van der Waals surface area contributed by atoms with E-state index in [2.05, 4.69) is 30.8 Å². The molecule has 2 aromatic rings. The Balaban J connectivity index is 1.48. The quantitative estimate of drug-likeness (QED) is 0.621. The highest BCUT2D eigenvalue weighted by atomic mass is 16.5. The zero-order valence-corrected chi connectivity index (χ0v) is 15.3. The molecule has 0 aromatic carbocycles. The molecule has 2 aromatic heterocycles. The van der Waals surface area contributed by atoms with E-state index in [0.717, 1.165) is 23.2 Å². The summed E-state index contributed by atoms with van der Waals surface area (Å²) >= 11 is 0. The SMILES string of the molecule is CCCNC(=O)c1n[nH]c2c1CC(CNC(=O)CCc1cncnc1)OC2. The van der Waals surface area contributed by atoms with Gasteiger partial charge in [-0.2, -0.15) is 5.10 Å². The summed E-state index contributed by atoms with van der Waals surface area (Å²) in [6.07, 6.45) is 7.04. The Morgan fingerprint density at radius 3 is 2.89 bits per heavy atom. The minimum Gasteiger partial charge on any atom is -0.370 e. The molecule has 1 aliphatic heterocycles. The van der Waals surface area contributed by atoms with Crippen LogP contribution in [-0.4, -0.2) is 51.2 Å². The monoisotopic (exact) mass is 372 g/mol. The van der Waals surface area contributed by atoms with E-state index in [9.17, 15) is 9.59 Å². The highest BCUT2D eigenvalue weighted by Crippen LogP contribution is 2.21. The molecular formula is C18H24N6O3. The van der Waals surface area contributed by atoms with Gasteiger partial charge in [0.05, 0.1) is 18.4 Å². The molecule has 27 heavy (non-hydrogen) atoms. The lowest BCUT2D eigenvalue weighted by molar-refractivity contribution is -0.121. The second kappa shape index (κ2) is 9.22. The van der Waals surface area contributed by atoms with Crippen LogP contribution < -0.4 is 10.6 Å². The van der Waals surface area contributed by atoms with Crippen LogP contribution in [0.2, 0.25) is 0 Å². The summed E-state index contributed by atoms with van der Waals surface area (Å²) in [6.45, 7) is 3.36. The number of H-pyrrole nitrogens is 1. The molecule has 0 radical (unpaired) electrons. The van der Waals surface area contributed by atoms with E-state index in [1.807, 2.05) is 6.92 Å². The predicted molar refractivity (Wildman–Crippen MR) is 96.9 cm³/mol. The van der Waals surface area contributed by atoms with Gasteiger partial charge in [-0.15, -0.1) is 0 Å². The molecule has 1 atom stereocenters. The number of aryl methyl sites for hydroxylation is 1. The molecule has 1 aliphatic rings. The molecule has 0 bridgehead atoms. The first-order valence-electron chi connectivity index (χ1n) is 9.13. The van der Waals surface area contributed by atoms with E-state index in [-0.39, 0.29) is 17.9 Å². The Morgan fingerprint density at radius 1 is 1.30 bits per heavy atom. The summed E-state index contributed by atoms with van der Waals surface area (Å²) in [5.41, 5.74) is 3.04. The number of carbonyl (C=O) groups excluding carboxylic acids is 2. The van der Waals surface area contributed by atoms with Gasteiger partial charge in [0.2, 0.25) is 5.91 Å². The number of hydrogen-bond donors (Lipinski definition) is 3. The maximum Gasteiger partial charge on any atom is 0.272 e. The van der Waals surface area contributed by atoms with Crippen LogP contribution in [0.25, 0.3) is 0 Å². The predicted octanol–water partition coefficient (Wildman–Crippen LogP) is 0.530. The van der Waals surface area contributed by atoms with Gasteiger partial charge >= 0.3 is 0 Å². The summed E-state index contributed by atoms with van der Waals surface area (Å²) < 4.78 is 5.75. The van der Waals surface area contributed by atoms with Gasteiger partial charge in [-0.25, -0.2) is 9.97 Å². The van der Waals surface area contributed by atoms with Crippen LogP contribution in [-0.2, 0) is 29.0 Å². The van der Waals surface area contributed by atoms with E-state index in [1.54, 1.807) is 12.4 Å². The van der Waals surface area contributed by atoms with Gasteiger partial charge < -0.3 is 15.4 Å². The lowest BCUT2D eigenvalue weighted by Crippen LogP contribution is -2.37. The topological polar surface area (TPSA) is 122 Å². The summed E-state index contributed by atoms with van der Waals surface area (Å²) in [5.74, 6) is -0.231. The highest BCUT2D eigenvalue weighted by Gasteiger charge is 2.27. The van der Waals surface area contributed by atoms with Gasteiger partial charge in [-0.3, -0.25) is 14.7 Å². The number of carbonyl (C=O) groups is 2. The van der Waals surface area contributed by atoms with Crippen molar-refractivity contribution in [1.29, 1.82) is 0 Å². The van der Waals surface area contributed by atoms with Gasteiger partial charge in [0.1, 0.15) is 6.33 Å². The third-order valence-electron chi connectivity index (χ3n) is 4.38. The van der Waals surface area contributed by atoms with E-state index in [4.69, 9.17) is 4.74 Å². The number of nitrogens with one attached hydrogen (secondary N) is 3. The van der Waals surface area contributed by atoms with E-state index >= 15 is 0 Å². The lowest BCUT2D eigenvalue weighted by Gasteiger charge is -2.23. The van der Waals surface area contributed by atoms with Crippen molar-refractivity contribution in [2.45, 2.75) is 45.3 Å². The van der Waals surface area contributed by atoms with Crippen LogP contribution >= 0.6 is 0 Å². The number of aromatic amines is 1. The number of hydrogen-bond acceptors (Lipinski definition) is 6. The fraction of sp³-hybridized carbons (Fsp3) is 0.500. The molecule has 3 heterocycles. The van der Waals surface area contributed by atoms with Crippen LogP contribution in [0.1, 0.15) is 47.1 Å². The van der Waals surface area contributed by atoms with Crippen molar-refractivity contribution in [2.24, 2.45) is 0 Å². The number of amides is 2. The molecule has 0 fully saturated rings. The fourth-order valence-electron chi connectivity index (χ4n) is 2.90. The first-order valence-corrected chi connectivity index (χ1v) is 9.13. The van der Waals surface area contributed by atoms with Crippen LogP contribution in [0.3, 0.4) is 0 Å². The summed E-state index contributed by atoms with van der Waals surface area (Å²) in [6, 6.07) is 0. The standard InChI is InChI=1S/C18H24N6O3/c1-2-5-21-18(26)17-14-6-13(27-10-15(14)23-24-17)9-22-16(25)4-3-12-7-19-11-20-8-12/h7-8,11,13H,2-6,9-10H2,1H3,(H,21,26)(H,22,25)(H,23,24). The molecule has 0 spiro atoms. The van der Waals surface area contributed by atoms with Crippen molar-refractivity contribution in [3.63, 3.8) is 0 Å². The zero-order valence-electron chi connectivity index (χ0n) is 15.3. The summed E-state index contributed by atoms with van der Waals surface area (Å²) in [5, 5.41) is 12.7. The molecule has 9 nitrogen and oxygen atoms in total. The Hall–Kier alpha value is -2.81. The van der Waals surface area contributed by atoms with Crippen molar-refractivity contribution >= 4 is 11.8 Å². The molecule has 0 saturated carbocycles. The average molecular weight is 372 g/mol. The smallest absolute Gasteiger partial charge is 0.272 e. The van der Waals surface area contributed by atoms with E-state index in [0.29, 0.717) is 44.7 Å². The second-order valence-corrected chi connectivity index (χ2v) is 6.47. The van der Waals surface area contributed by atoms with Gasteiger partial charge in [0.15, 0.2) is 5.69 Å². The van der Waals surface area contributed by atoms with Crippen molar-refractivity contribution < 1.29 is 14.3 Å². The normalized spacial score (nSPS) is 15.8. The third kappa shape index (κ3) is 5.10. The van der Waals surface area contributed by atoms with Crippen LogP contribution in [0, 0.1) is 0 Å². The first kappa shape index (κ1) is 19.0. The van der Waals surface area contributed by atoms with Crippen molar-refractivity contribution in [1.82, 2.24) is 30.8 Å². The minimum atomic E-state index is -0.183. The van der Waals surface area contributed by atoms with Crippen molar-refractivity contribution in [2.75, 3.05) is 13.1 Å². The lowest BCUT2D eigenvalue weighted by atomic mass is 10.0. The van der Waals surface area contributed by atoms with Crippen LogP contribution in [0.15, 0.2) is 18.7 Å². The highest BCUT2D eigenvalue weighted by molar-refractivity contribution is 5.94. The molecular weight excluding hydrogens is 348 g/mol. The molecule has 1 unspecified atom stereocenters. The fourth-order valence-corrected chi connectivity index (χ4v) is 2.90. The number of rotatable bonds is 8. The molecule has 0 saturated heterocycles. The number of ether oxygens (including phenoxy) is 1. The Labute approximate surface area is 157 Å². The summed E-state index contributed by atoms with van der Waals surface area (Å²) in [4.78, 5) is 32.1. The van der Waals surface area contributed by atoms with Crippen LogP contribution in [0.5, 0.6) is 0 Å². The average Bonchev–Trinajstić information content (AvgIpc) is 3.13. The maximum atomic E-state index is 12.2. The Bertz CT molecular complexity index is 777. The largest absolute Gasteiger partial charge is 0.370 e. The van der Waals surface area contributed by atoms with Gasteiger partial charge in [-0.1, -0.05) is 6.92 Å². The molecule has 3 N–H and O–H groups in total. The van der Waals surface area contributed by atoms with Crippen LogP contribution in [0.4, 0.5) is 0 Å². The van der Waals surface area contributed by atoms with Crippen molar-refractivity contribution in [3.8, 4) is 0 Å². The molecule has 0 aliphatic carbocycles. The third-order valence-corrected chi connectivity index (χ3v) is 4.38. The molecule has 9 heteroatoms. The van der Waals surface area contributed by atoms with Crippen molar-refractivity contribution in [3.05, 3.63) is 41.2 Å². The minimum absolute atomic E-state index is 0.0543. The maximum absolute atomic E-state index is 12.2. The number of fused-ring (bicyclic) bond motifs is 1. The number of nitrogens with zero attached hydrogens (tertiary/aromatic N) is 3. The van der Waals surface area contributed by atoms with Gasteiger partial charge in [-0.05, 0) is 18.4 Å².